The maximum Gasteiger partial charge on any atom is 0.134 e. The predicted molar refractivity (Wildman–Crippen MR) is 92.4 cm³/mol. The van der Waals surface area contributed by atoms with E-state index in [9.17, 15) is 0 Å². The number of rotatable bonds is 4. The van der Waals surface area contributed by atoms with Crippen LogP contribution in [-0.2, 0) is 0 Å². The summed E-state index contributed by atoms with van der Waals surface area (Å²) < 4.78 is 11.1. The molecule has 2 aromatic heterocycles. The lowest BCUT2D eigenvalue weighted by atomic mass is 10.2. The summed E-state index contributed by atoms with van der Waals surface area (Å²) >= 11 is 1.72. The molecule has 112 valence electrons. The first-order valence-electron chi connectivity index (χ1n) is 7.35. The molecule has 0 aliphatic carbocycles. The van der Waals surface area contributed by atoms with E-state index >= 15 is 0 Å². The molecular weight excluding hydrogens is 304 g/mol. The van der Waals surface area contributed by atoms with Crippen LogP contribution in [0.25, 0.3) is 22.6 Å². The highest BCUT2D eigenvalue weighted by Crippen LogP contribution is 2.40. The Morgan fingerprint density at radius 1 is 0.522 bits per heavy atom. The Balaban J connectivity index is 1.76. The average Bonchev–Trinajstić information content (AvgIpc) is 3.30. The van der Waals surface area contributed by atoms with E-state index in [1.165, 1.54) is 0 Å². The number of benzene rings is 2. The molecule has 2 nitrogen and oxygen atoms in total. The zero-order chi connectivity index (χ0) is 15.5. The summed E-state index contributed by atoms with van der Waals surface area (Å²) in [6.07, 6.45) is 3.40. The van der Waals surface area contributed by atoms with Crippen LogP contribution in [-0.4, -0.2) is 0 Å². The molecule has 0 amide bonds. The molecule has 0 radical (unpaired) electrons. The van der Waals surface area contributed by atoms with Crippen molar-refractivity contribution in [2.45, 2.75) is 9.79 Å². The zero-order valence-corrected chi connectivity index (χ0v) is 13.1. The summed E-state index contributed by atoms with van der Waals surface area (Å²) in [5.41, 5.74) is 2.19. The topological polar surface area (TPSA) is 26.3 Å². The molecule has 2 heterocycles. The smallest absolute Gasteiger partial charge is 0.134 e. The van der Waals surface area contributed by atoms with E-state index in [-0.39, 0.29) is 0 Å². The minimum Gasteiger partial charge on any atom is -0.464 e. The minimum absolute atomic E-state index is 0.878. The summed E-state index contributed by atoms with van der Waals surface area (Å²) in [4.78, 5) is 2.31. The molecule has 0 unspecified atom stereocenters. The molecule has 2 aromatic carbocycles. The molecule has 0 N–H and O–H groups in total. The Bertz CT molecular complexity index is 817. The lowest BCUT2D eigenvalue weighted by Crippen LogP contribution is -1.83. The average molecular weight is 318 g/mol. The molecular formula is C20H14O2S. The Morgan fingerprint density at radius 2 is 1.00 bits per heavy atom. The molecule has 0 saturated heterocycles. The Kier molecular flexibility index (Phi) is 3.78. The van der Waals surface area contributed by atoms with E-state index in [1.54, 1.807) is 24.3 Å². The molecule has 0 bridgehead atoms. The minimum atomic E-state index is 0.878. The van der Waals surface area contributed by atoms with Crippen molar-refractivity contribution in [3.8, 4) is 22.6 Å². The predicted octanol–water partition coefficient (Wildman–Crippen LogP) is 6.36. The van der Waals surface area contributed by atoms with Gasteiger partial charge in [0, 0.05) is 20.9 Å². The zero-order valence-electron chi connectivity index (χ0n) is 12.3. The van der Waals surface area contributed by atoms with Crippen molar-refractivity contribution in [2.24, 2.45) is 0 Å². The van der Waals surface area contributed by atoms with E-state index in [1.807, 2.05) is 48.5 Å². The van der Waals surface area contributed by atoms with Gasteiger partial charge < -0.3 is 8.83 Å². The van der Waals surface area contributed by atoms with E-state index in [0.29, 0.717) is 0 Å². The van der Waals surface area contributed by atoms with E-state index in [0.717, 1.165) is 32.4 Å². The SMILES string of the molecule is c1coc(-c2ccccc2Sc2ccccc2-c2ccco2)c1. The van der Waals surface area contributed by atoms with Crippen LogP contribution in [0.4, 0.5) is 0 Å². The third-order valence-electron chi connectivity index (χ3n) is 3.57. The molecule has 0 fully saturated rings. The van der Waals surface area contributed by atoms with Gasteiger partial charge in [-0.25, -0.2) is 0 Å². The van der Waals surface area contributed by atoms with Gasteiger partial charge in [0.15, 0.2) is 0 Å². The summed E-state index contributed by atoms with van der Waals surface area (Å²) in [7, 11) is 0. The second-order valence-electron chi connectivity index (χ2n) is 5.05. The van der Waals surface area contributed by atoms with Gasteiger partial charge in [-0.3, -0.25) is 0 Å². The van der Waals surface area contributed by atoms with Crippen LogP contribution in [0, 0.1) is 0 Å². The van der Waals surface area contributed by atoms with Crippen LogP contribution in [0.15, 0.2) is 104 Å². The van der Waals surface area contributed by atoms with Gasteiger partial charge in [-0.2, -0.15) is 0 Å². The number of hydrogen-bond acceptors (Lipinski definition) is 3. The van der Waals surface area contributed by atoms with E-state index < -0.39 is 0 Å². The van der Waals surface area contributed by atoms with Crippen LogP contribution >= 0.6 is 11.8 Å². The quantitative estimate of drug-likeness (QED) is 0.438. The summed E-state index contributed by atoms with van der Waals surface area (Å²) in [5, 5.41) is 0. The maximum atomic E-state index is 5.57. The molecule has 4 rings (SSSR count). The van der Waals surface area contributed by atoms with Crippen LogP contribution in [0.5, 0.6) is 0 Å². The van der Waals surface area contributed by atoms with Crippen molar-refractivity contribution < 1.29 is 8.83 Å². The number of hydrogen-bond donors (Lipinski definition) is 0. The fourth-order valence-electron chi connectivity index (χ4n) is 2.50. The molecule has 3 heteroatoms. The van der Waals surface area contributed by atoms with Gasteiger partial charge in [0.25, 0.3) is 0 Å². The Hall–Kier alpha value is -2.65. The second kappa shape index (κ2) is 6.23. The molecule has 0 spiro atoms. The highest BCUT2D eigenvalue weighted by atomic mass is 32.2. The van der Waals surface area contributed by atoms with Crippen LogP contribution < -0.4 is 0 Å². The first-order chi connectivity index (χ1) is 11.4. The van der Waals surface area contributed by atoms with Crippen LogP contribution in [0.2, 0.25) is 0 Å². The monoisotopic (exact) mass is 318 g/mol. The standard InChI is InChI=1S/C20H14O2S/c1-3-11-19(15(7-1)17-9-5-13-21-17)23-20-12-4-2-8-16(20)18-10-6-14-22-18/h1-14H. The van der Waals surface area contributed by atoms with Gasteiger partial charge in [-0.1, -0.05) is 48.2 Å². The largest absolute Gasteiger partial charge is 0.464 e. The third-order valence-corrected chi connectivity index (χ3v) is 4.72. The van der Waals surface area contributed by atoms with Crippen molar-refractivity contribution in [3.63, 3.8) is 0 Å². The van der Waals surface area contributed by atoms with Gasteiger partial charge in [0.2, 0.25) is 0 Å². The Labute approximate surface area is 138 Å². The first-order valence-corrected chi connectivity index (χ1v) is 8.17. The normalized spacial score (nSPS) is 10.8. The fraction of sp³-hybridized carbons (Fsp3) is 0. The molecule has 4 aromatic rings. The first kappa shape index (κ1) is 14.0. The highest BCUT2D eigenvalue weighted by molar-refractivity contribution is 7.99. The van der Waals surface area contributed by atoms with Gasteiger partial charge >= 0.3 is 0 Å². The van der Waals surface area contributed by atoms with Gasteiger partial charge in [-0.15, -0.1) is 0 Å². The summed E-state index contributed by atoms with van der Waals surface area (Å²) in [6, 6.07) is 24.3. The van der Waals surface area contributed by atoms with Crippen LogP contribution in [0.3, 0.4) is 0 Å². The van der Waals surface area contributed by atoms with Gasteiger partial charge in [0.1, 0.15) is 11.5 Å². The highest BCUT2D eigenvalue weighted by Gasteiger charge is 2.12. The Morgan fingerprint density at radius 3 is 1.43 bits per heavy atom. The van der Waals surface area contributed by atoms with Crippen molar-refractivity contribution >= 4 is 11.8 Å². The van der Waals surface area contributed by atoms with Crippen LogP contribution in [0.1, 0.15) is 0 Å². The van der Waals surface area contributed by atoms with Crippen molar-refractivity contribution in [3.05, 3.63) is 85.3 Å². The molecule has 0 atom stereocenters. The van der Waals surface area contributed by atoms with Crippen molar-refractivity contribution in [2.75, 3.05) is 0 Å². The third kappa shape index (κ3) is 2.83. The maximum absolute atomic E-state index is 5.57. The summed E-state index contributed by atoms with van der Waals surface area (Å²) in [6.45, 7) is 0. The molecule has 0 aliphatic rings. The lowest BCUT2D eigenvalue weighted by molar-refractivity contribution is 0.581. The summed E-state index contributed by atoms with van der Waals surface area (Å²) in [5.74, 6) is 1.76. The molecule has 0 aliphatic heterocycles. The van der Waals surface area contributed by atoms with Crippen molar-refractivity contribution in [1.82, 2.24) is 0 Å². The van der Waals surface area contributed by atoms with Gasteiger partial charge in [-0.05, 0) is 36.4 Å². The molecule has 23 heavy (non-hydrogen) atoms. The van der Waals surface area contributed by atoms with E-state index in [2.05, 4.69) is 24.3 Å². The molecule has 0 saturated carbocycles. The second-order valence-corrected chi connectivity index (χ2v) is 6.13. The van der Waals surface area contributed by atoms with Gasteiger partial charge in [0.05, 0.1) is 12.5 Å². The van der Waals surface area contributed by atoms with Crippen molar-refractivity contribution in [1.29, 1.82) is 0 Å². The lowest BCUT2D eigenvalue weighted by Gasteiger charge is -2.10. The van der Waals surface area contributed by atoms with E-state index in [4.69, 9.17) is 8.83 Å². The number of furan rings is 2. The fourth-order valence-corrected chi connectivity index (χ4v) is 3.59.